The van der Waals surface area contributed by atoms with Gasteiger partial charge in [-0.15, -0.1) is 0 Å². The van der Waals surface area contributed by atoms with E-state index >= 15 is 0 Å². The summed E-state index contributed by atoms with van der Waals surface area (Å²) in [5.74, 6) is 0.510. The Morgan fingerprint density at radius 2 is 1.83 bits per heavy atom. The van der Waals surface area contributed by atoms with Crippen LogP contribution >= 0.6 is 11.6 Å². The van der Waals surface area contributed by atoms with Gasteiger partial charge in [-0.3, -0.25) is 4.79 Å². The van der Waals surface area contributed by atoms with Gasteiger partial charge in [0.05, 0.1) is 6.10 Å². The summed E-state index contributed by atoms with van der Waals surface area (Å²) in [7, 11) is 0. The number of hydrogen-bond acceptors (Lipinski definition) is 3. The van der Waals surface area contributed by atoms with Crippen molar-refractivity contribution in [1.82, 2.24) is 9.80 Å². The third-order valence-electron chi connectivity index (χ3n) is 5.05. The molecule has 0 aliphatic carbocycles. The molecule has 2 aliphatic rings. The van der Waals surface area contributed by atoms with E-state index in [-0.39, 0.29) is 5.92 Å². The van der Waals surface area contributed by atoms with Crippen LogP contribution < -0.4 is 0 Å². The minimum absolute atomic E-state index is 0.168. The average Bonchev–Trinajstić information content (AvgIpc) is 3.09. The molecular weight excluding hydrogens is 312 g/mol. The van der Waals surface area contributed by atoms with E-state index in [1.54, 1.807) is 6.07 Å². The number of aliphatic hydroxyl groups excluding tert-OH is 1. The first-order valence-corrected chi connectivity index (χ1v) is 8.96. The van der Waals surface area contributed by atoms with E-state index in [1.165, 1.54) is 0 Å². The highest BCUT2D eigenvalue weighted by molar-refractivity contribution is 6.31. The molecule has 0 aromatic heterocycles. The Bertz CT molecular complexity index is 538. The predicted molar refractivity (Wildman–Crippen MR) is 91.4 cm³/mol. The number of carbonyl (C=O) groups is 1. The van der Waals surface area contributed by atoms with Gasteiger partial charge < -0.3 is 14.9 Å². The highest BCUT2D eigenvalue weighted by Crippen LogP contribution is 2.26. The first-order valence-electron chi connectivity index (χ1n) is 8.59. The lowest BCUT2D eigenvalue weighted by atomic mass is 9.95. The molecule has 2 heterocycles. The second kappa shape index (κ2) is 7.65. The largest absolute Gasteiger partial charge is 0.387 e. The van der Waals surface area contributed by atoms with Crippen LogP contribution in [0.3, 0.4) is 0 Å². The van der Waals surface area contributed by atoms with Crippen LogP contribution in [0.4, 0.5) is 0 Å². The van der Waals surface area contributed by atoms with Gasteiger partial charge in [0.2, 0.25) is 5.91 Å². The molecule has 1 aromatic carbocycles. The lowest BCUT2D eigenvalue weighted by Crippen LogP contribution is -2.42. The van der Waals surface area contributed by atoms with E-state index < -0.39 is 6.10 Å². The van der Waals surface area contributed by atoms with Crippen molar-refractivity contribution >= 4 is 17.5 Å². The molecule has 126 valence electrons. The summed E-state index contributed by atoms with van der Waals surface area (Å²) < 4.78 is 0. The molecule has 1 atom stereocenters. The number of carbonyl (C=O) groups excluding carboxylic acids is 1. The highest BCUT2D eigenvalue weighted by atomic mass is 35.5. The molecule has 2 fully saturated rings. The molecule has 1 aromatic rings. The Labute approximate surface area is 143 Å². The van der Waals surface area contributed by atoms with Crippen molar-refractivity contribution in [3.63, 3.8) is 0 Å². The number of benzene rings is 1. The summed E-state index contributed by atoms with van der Waals surface area (Å²) in [5.41, 5.74) is 0.782. The highest BCUT2D eigenvalue weighted by Gasteiger charge is 2.30. The number of piperidine rings is 1. The van der Waals surface area contributed by atoms with Crippen molar-refractivity contribution in [2.45, 2.75) is 31.8 Å². The summed E-state index contributed by atoms with van der Waals surface area (Å²) >= 11 is 6.15. The topological polar surface area (TPSA) is 43.8 Å². The van der Waals surface area contributed by atoms with E-state index in [0.717, 1.165) is 57.4 Å². The molecule has 5 heteroatoms. The summed E-state index contributed by atoms with van der Waals surface area (Å²) in [6, 6.07) is 7.44. The summed E-state index contributed by atoms with van der Waals surface area (Å²) in [6.07, 6.45) is 3.51. The van der Waals surface area contributed by atoms with Crippen molar-refractivity contribution in [2.24, 2.45) is 5.92 Å². The van der Waals surface area contributed by atoms with E-state index in [2.05, 4.69) is 4.90 Å². The van der Waals surface area contributed by atoms with Crippen molar-refractivity contribution in [3.05, 3.63) is 34.9 Å². The molecule has 23 heavy (non-hydrogen) atoms. The minimum Gasteiger partial charge on any atom is -0.387 e. The first-order chi connectivity index (χ1) is 11.1. The fourth-order valence-corrected chi connectivity index (χ4v) is 3.91. The van der Waals surface area contributed by atoms with Crippen molar-refractivity contribution < 1.29 is 9.90 Å². The zero-order valence-electron chi connectivity index (χ0n) is 13.5. The van der Waals surface area contributed by atoms with Crippen molar-refractivity contribution in [1.29, 1.82) is 0 Å². The van der Waals surface area contributed by atoms with Gasteiger partial charge in [0.25, 0.3) is 0 Å². The smallest absolute Gasteiger partial charge is 0.225 e. The molecule has 2 saturated heterocycles. The Morgan fingerprint density at radius 3 is 2.48 bits per heavy atom. The summed E-state index contributed by atoms with van der Waals surface area (Å²) in [6.45, 7) is 4.18. The molecular formula is C18H25ClN2O2. The minimum atomic E-state index is -0.575. The van der Waals surface area contributed by atoms with Gasteiger partial charge in [-0.1, -0.05) is 29.8 Å². The molecule has 1 unspecified atom stereocenters. The van der Waals surface area contributed by atoms with Gasteiger partial charge in [-0.05, 0) is 44.8 Å². The Morgan fingerprint density at radius 1 is 1.17 bits per heavy atom. The van der Waals surface area contributed by atoms with Crippen LogP contribution in [-0.4, -0.2) is 53.5 Å². The molecule has 1 amide bonds. The third kappa shape index (κ3) is 4.06. The van der Waals surface area contributed by atoms with Crippen LogP contribution in [0.15, 0.2) is 24.3 Å². The standard InChI is InChI=1S/C18H25ClN2O2/c19-16-6-2-1-5-15(16)17(22)13-20-11-7-14(8-12-20)18(23)21-9-3-4-10-21/h1-2,5-6,14,17,22H,3-4,7-13H2. The van der Waals surface area contributed by atoms with Crippen LogP contribution in [0, 0.1) is 5.92 Å². The van der Waals surface area contributed by atoms with E-state index in [0.29, 0.717) is 17.5 Å². The normalized spacial score (nSPS) is 21.6. The lowest BCUT2D eigenvalue weighted by molar-refractivity contribution is -0.136. The number of halogens is 1. The molecule has 0 bridgehead atoms. The van der Waals surface area contributed by atoms with Gasteiger partial charge in [0.15, 0.2) is 0 Å². The Kier molecular flexibility index (Phi) is 5.57. The second-order valence-corrected chi connectivity index (χ2v) is 7.05. The molecule has 0 radical (unpaired) electrons. The fourth-order valence-electron chi connectivity index (χ4n) is 3.65. The maximum atomic E-state index is 12.4. The molecule has 1 N–H and O–H groups in total. The van der Waals surface area contributed by atoms with Gasteiger partial charge in [0, 0.05) is 36.1 Å². The van der Waals surface area contributed by atoms with Crippen molar-refractivity contribution in [2.75, 3.05) is 32.7 Å². The van der Waals surface area contributed by atoms with E-state index in [1.807, 2.05) is 23.1 Å². The molecule has 0 spiro atoms. The number of likely N-dealkylation sites (tertiary alicyclic amines) is 2. The Hall–Kier alpha value is -1.10. The molecule has 2 aliphatic heterocycles. The number of aliphatic hydroxyl groups is 1. The second-order valence-electron chi connectivity index (χ2n) is 6.64. The number of β-amino-alcohol motifs (C(OH)–C–C–N with tert-alkyl or cyclic N) is 1. The van der Waals surface area contributed by atoms with Crippen LogP contribution in [0.1, 0.15) is 37.4 Å². The van der Waals surface area contributed by atoms with Crippen LogP contribution in [-0.2, 0) is 4.79 Å². The molecule has 0 saturated carbocycles. The number of hydrogen-bond donors (Lipinski definition) is 1. The zero-order valence-corrected chi connectivity index (χ0v) is 14.2. The predicted octanol–water partition coefficient (Wildman–Crippen LogP) is 2.71. The maximum absolute atomic E-state index is 12.4. The van der Waals surface area contributed by atoms with Crippen LogP contribution in [0.25, 0.3) is 0 Å². The van der Waals surface area contributed by atoms with Crippen LogP contribution in [0.2, 0.25) is 5.02 Å². The molecule has 4 nitrogen and oxygen atoms in total. The van der Waals surface area contributed by atoms with Crippen molar-refractivity contribution in [3.8, 4) is 0 Å². The van der Waals surface area contributed by atoms with E-state index in [9.17, 15) is 9.90 Å². The molecule has 3 rings (SSSR count). The third-order valence-corrected chi connectivity index (χ3v) is 5.39. The van der Waals surface area contributed by atoms with Gasteiger partial charge in [0.1, 0.15) is 0 Å². The Balaban J connectivity index is 1.49. The van der Waals surface area contributed by atoms with E-state index in [4.69, 9.17) is 11.6 Å². The first kappa shape index (κ1) is 16.7. The average molecular weight is 337 g/mol. The van der Waals surface area contributed by atoms with Gasteiger partial charge in [-0.25, -0.2) is 0 Å². The monoisotopic (exact) mass is 336 g/mol. The number of amides is 1. The maximum Gasteiger partial charge on any atom is 0.225 e. The van der Waals surface area contributed by atoms with Gasteiger partial charge >= 0.3 is 0 Å². The quantitative estimate of drug-likeness (QED) is 0.919. The number of nitrogens with zero attached hydrogens (tertiary/aromatic N) is 2. The number of rotatable bonds is 4. The summed E-state index contributed by atoms with van der Waals surface area (Å²) in [5, 5.41) is 11.0. The summed E-state index contributed by atoms with van der Waals surface area (Å²) in [4.78, 5) is 16.7. The zero-order chi connectivity index (χ0) is 16.2. The fraction of sp³-hybridized carbons (Fsp3) is 0.611. The lowest BCUT2D eigenvalue weighted by Gasteiger charge is -2.34. The van der Waals surface area contributed by atoms with Gasteiger partial charge in [-0.2, -0.15) is 0 Å². The van der Waals surface area contributed by atoms with Crippen LogP contribution in [0.5, 0.6) is 0 Å². The SMILES string of the molecule is O=C(C1CCN(CC(O)c2ccccc2Cl)CC1)N1CCCC1.